The molecule has 0 saturated carbocycles. The van der Waals surface area contributed by atoms with Crippen molar-refractivity contribution in [1.82, 2.24) is 24.0 Å². The number of hydrogen-bond acceptors (Lipinski definition) is 17. The van der Waals surface area contributed by atoms with E-state index in [0.29, 0.717) is 23.0 Å². The highest BCUT2D eigenvalue weighted by atomic mass is 16.6. The van der Waals surface area contributed by atoms with E-state index in [-0.39, 0.29) is 73.0 Å². The molecule has 0 spiro atoms. The number of carbonyl (C=O) groups is 2. The fraction of sp³-hybridized carbons (Fsp3) is 0.352. The van der Waals surface area contributed by atoms with Crippen LogP contribution < -0.4 is 41.4 Å². The second kappa shape index (κ2) is 38.4. The molecular formula is C71H87N5O17. The molecule has 2 aromatic heterocycles. The van der Waals surface area contributed by atoms with E-state index in [4.69, 9.17) is 47.7 Å². The van der Waals surface area contributed by atoms with Gasteiger partial charge in [0, 0.05) is 24.5 Å². The maximum atomic E-state index is 12.3. The molecule has 0 amide bonds. The zero-order chi connectivity index (χ0) is 66.3. The Morgan fingerprint density at radius 1 is 0.473 bits per heavy atom. The second-order valence-corrected chi connectivity index (χ2v) is 20.6. The number of H-pyrrole nitrogens is 2. The van der Waals surface area contributed by atoms with Crippen LogP contribution in [0.25, 0.3) is 0 Å². The van der Waals surface area contributed by atoms with Crippen molar-refractivity contribution in [3.63, 3.8) is 0 Å². The van der Waals surface area contributed by atoms with Gasteiger partial charge in [0.15, 0.2) is 0 Å². The highest BCUT2D eigenvalue weighted by Crippen LogP contribution is 2.43. The summed E-state index contributed by atoms with van der Waals surface area (Å²) >= 11 is 0. The minimum Gasteiger partial charge on any atom is -0.497 e. The molecule has 498 valence electrons. The van der Waals surface area contributed by atoms with Gasteiger partial charge in [-0.1, -0.05) is 137 Å². The molecule has 2 atom stereocenters. The predicted molar refractivity (Wildman–Crippen MR) is 354 cm³/mol. The molecule has 0 fully saturated rings. The zero-order valence-electron chi connectivity index (χ0n) is 53.0. The summed E-state index contributed by atoms with van der Waals surface area (Å²) in [6.07, 6.45) is 0.580. The van der Waals surface area contributed by atoms with Gasteiger partial charge in [0.05, 0.1) is 87.4 Å². The van der Waals surface area contributed by atoms with Crippen LogP contribution in [0.2, 0.25) is 0 Å². The number of benzene rings is 6. The Kier molecular flexibility index (Phi) is 30.7. The Morgan fingerprint density at radius 2 is 0.806 bits per heavy atom. The third-order valence-electron chi connectivity index (χ3n) is 15.0. The molecule has 0 aliphatic rings. The van der Waals surface area contributed by atoms with E-state index in [9.17, 15) is 33.9 Å². The molecule has 2 heterocycles. The number of nitrogens with one attached hydrogen (secondary N) is 2. The number of ether oxygens (including phenoxy) is 9. The number of nitrogens with zero attached hydrogens (tertiary/aromatic N) is 3. The maximum Gasteiger partial charge on any atom is 0.328 e. The number of aromatic nitrogens is 4. The van der Waals surface area contributed by atoms with E-state index >= 15 is 0 Å². The summed E-state index contributed by atoms with van der Waals surface area (Å²) in [5.41, 5.74) is 0.645. The summed E-state index contributed by atoms with van der Waals surface area (Å²) in [4.78, 5) is 76.9. The van der Waals surface area contributed by atoms with Crippen molar-refractivity contribution in [2.24, 2.45) is 0 Å². The van der Waals surface area contributed by atoms with E-state index in [0.717, 1.165) is 33.4 Å². The van der Waals surface area contributed by atoms with Crippen LogP contribution in [0.3, 0.4) is 0 Å². The van der Waals surface area contributed by atoms with Gasteiger partial charge in [-0.3, -0.25) is 38.3 Å². The summed E-state index contributed by atoms with van der Waals surface area (Å²) in [7, 11) is 6.40. The van der Waals surface area contributed by atoms with Crippen molar-refractivity contribution in [3.05, 3.63) is 257 Å². The fourth-order valence-corrected chi connectivity index (χ4v) is 9.90. The number of rotatable bonds is 33. The van der Waals surface area contributed by atoms with Crippen molar-refractivity contribution in [1.29, 1.82) is 0 Å². The third kappa shape index (κ3) is 21.3. The standard InChI is InChI=1S/C34H36N2O10.C30H32N2O7.C6H15N.CH4/c1-42-27-12-8-25(9-13-27)34(24-6-4-3-5-7-24,26-10-14-28(43-2)15-11-26)46-23-29(22-45-32(40)17-16-31(38)39)44-21-20-36-19-18-30(37)35-33(36)41;1-36-25-12-8-23(9-13-25)30(22-6-4-3-5-7-22,24-10-14-26(37-2)15-11-24)39-21-27(20-33)38-19-18-32-17-16-28(34)31-29(32)35;1-4-7(5-2)6-3;/h3-15,18-19,29H,16-17,20-23H2,1-2H3,(H,38,39)(H,35,37,41);3-17,27,33H,18-21H2,1-2H3,(H,31,34,35);4-6H2,1-3H3;1H4/t29-;27-;;/m00../s1. The minimum absolute atomic E-state index is 0. The molecule has 22 heteroatoms. The van der Waals surface area contributed by atoms with E-state index in [1.807, 2.05) is 158 Å². The first kappa shape index (κ1) is 74.3. The second-order valence-electron chi connectivity index (χ2n) is 20.6. The Morgan fingerprint density at radius 3 is 1.11 bits per heavy atom. The van der Waals surface area contributed by atoms with Gasteiger partial charge in [0.2, 0.25) is 0 Å². The molecule has 0 bridgehead atoms. The summed E-state index contributed by atoms with van der Waals surface area (Å²) in [5.74, 6) is 0.924. The van der Waals surface area contributed by atoms with Crippen LogP contribution in [0.1, 0.15) is 74.4 Å². The van der Waals surface area contributed by atoms with E-state index in [1.165, 1.54) is 53.3 Å². The molecule has 4 N–H and O–H groups in total. The first-order chi connectivity index (χ1) is 44.6. The van der Waals surface area contributed by atoms with Crippen LogP contribution in [0, 0.1) is 0 Å². The van der Waals surface area contributed by atoms with Crippen molar-refractivity contribution in [2.45, 2.75) is 77.5 Å². The lowest BCUT2D eigenvalue weighted by Gasteiger charge is -2.37. The molecular weight excluding hydrogens is 1190 g/mol. The topological polar surface area (TPSA) is 271 Å². The van der Waals surface area contributed by atoms with Crippen LogP contribution in [-0.4, -0.2) is 146 Å². The smallest absolute Gasteiger partial charge is 0.328 e. The largest absolute Gasteiger partial charge is 0.497 e. The number of methoxy groups -OCH3 is 4. The van der Waals surface area contributed by atoms with Gasteiger partial charge >= 0.3 is 23.3 Å². The van der Waals surface area contributed by atoms with Gasteiger partial charge in [-0.05, 0) is 102 Å². The van der Waals surface area contributed by atoms with Gasteiger partial charge in [-0.25, -0.2) is 9.59 Å². The summed E-state index contributed by atoms with van der Waals surface area (Å²) in [5, 5.41) is 19.1. The number of carboxylic acids is 1. The number of hydrogen-bond donors (Lipinski definition) is 4. The van der Waals surface area contributed by atoms with Crippen molar-refractivity contribution >= 4 is 11.9 Å². The van der Waals surface area contributed by atoms with Crippen LogP contribution >= 0.6 is 0 Å². The van der Waals surface area contributed by atoms with Gasteiger partial charge in [-0.2, -0.15) is 0 Å². The van der Waals surface area contributed by atoms with Crippen molar-refractivity contribution in [3.8, 4) is 23.0 Å². The molecule has 6 aromatic carbocycles. The van der Waals surface area contributed by atoms with Crippen molar-refractivity contribution in [2.75, 3.05) is 87.7 Å². The Balaban J connectivity index is 0.000000306. The summed E-state index contributed by atoms with van der Waals surface area (Å²) in [6.45, 7) is 9.99. The molecule has 93 heavy (non-hydrogen) atoms. The number of aliphatic carboxylic acids is 1. The average molecular weight is 1280 g/mol. The fourth-order valence-electron chi connectivity index (χ4n) is 9.90. The van der Waals surface area contributed by atoms with E-state index in [1.54, 1.807) is 28.4 Å². The molecule has 22 nitrogen and oxygen atoms in total. The first-order valence-electron chi connectivity index (χ1n) is 30.1. The number of aliphatic hydroxyl groups excluding tert-OH is 1. The van der Waals surface area contributed by atoms with Crippen LogP contribution in [0.5, 0.6) is 23.0 Å². The molecule has 0 aliphatic carbocycles. The van der Waals surface area contributed by atoms with Gasteiger partial charge in [0.25, 0.3) is 11.1 Å². The zero-order valence-corrected chi connectivity index (χ0v) is 53.0. The highest BCUT2D eigenvalue weighted by molar-refractivity contribution is 5.76. The lowest BCUT2D eigenvalue weighted by atomic mass is 9.80. The average Bonchev–Trinajstić information content (AvgIpc) is 0.765. The van der Waals surface area contributed by atoms with E-state index < -0.39 is 57.8 Å². The number of esters is 1. The predicted octanol–water partition coefficient (Wildman–Crippen LogP) is 8.28. The summed E-state index contributed by atoms with van der Waals surface area (Å²) in [6, 6.07) is 52.2. The molecule has 0 saturated heterocycles. The lowest BCUT2D eigenvalue weighted by molar-refractivity contribution is -0.154. The molecule has 0 radical (unpaired) electrons. The Bertz CT molecular complexity index is 3610. The number of aromatic amines is 2. The van der Waals surface area contributed by atoms with Crippen LogP contribution in [0.15, 0.2) is 201 Å². The molecule has 8 aromatic rings. The number of carbonyl (C=O) groups excluding carboxylic acids is 1. The third-order valence-corrected chi connectivity index (χ3v) is 15.0. The quantitative estimate of drug-likeness (QED) is 0.0222. The molecule has 0 unspecified atom stereocenters. The lowest BCUT2D eigenvalue weighted by Crippen LogP contribution is -2.38. The highest BCUT2D eigenvalue weighted by Gasteiger charge is 2.40. The van der Waals surface area contributed by atoms with Gasteiger partial charge in [-0.15, -0.1) is 0 Å². The minimum atomic E-state index is -1.18. The number of aliphatic hydroxyl groups is 1. The molecule has 0 aliphatic heterocycles. The van der Waals surface area contributed by atoms with Crippen LogP contribution in [-0.2, 0) is 57.6 Å². The van der Waals surface area contributed by atoms with E-state index in [2.05, 4.69) is 35.6 Å². The molecule has 8 rings (SSSR count). The Labute approximate surface area is 541 Å². The normalized spacial score (nSPS) is 11.8. The monoisotopic (exact) mass is 1280 g/mol. The Hall–Kier alpha value is -9.42. The maximum absolute atomic E-state index is 12.3. The van der Waals surface area contributed by atoms with Gasteiger partial charge in [0.1, 0.15) is 53.0 Å². The van der Waals surface area contributed by atoms with Crippen molar-refractivity contribution < 1.29 is 62.4 Å². The SMILES string of the molecule is C.CCN(CC)CC.COc1ccc(C(OC[C@H](CO)OCCn2ccc(=O)[nH]c2=O)(c2ccccc2)c2ccc(OC)cc2)cc1.COc1ccc(C(OC[C@H](COC(=O)CCC(=O)O)OCCn2ccc(=O)[nH]c2=O)(c2ccccc2)c2ccc(OC)cc2)cc1. The van der Waals surface area contributed by atoms with Crippen LogP contribution in [0.4, 0.5) is 0 Å². The van der Waals surface area contributed by atoms with Gasteiger partial charge < -0.3 is 57.7 Å². The summed E-state index contributed by atoms with van der Waals surface area (Å²) < 4.78 is 55.1. The first-order valence-corrected chi connectivity index (χ1v) is 30.1. The number of carboxylic acid groups (broad SMARTS) is 1.